The summed E-state index contributed by atoms with van der Waals surface area (Å²) in [6, 6.07) is 0.00521. The van der Waals surface area contributed by atoms with E-state index in [0.29, 0.717) is 26.4 Å². The SMILES string of the molecule is CCOC(=O)C(C)CN1CCOCC1CO. The van der Waals surface area contributed by atoms with Crippen LogP contribution in [0.15, 0.2) is 0 Å². The van der Waals surface area contributed by atoms with E-state index in [4.69, 9.17) is 9.47 Å². The molecule has 1 fully saturated rings. The summed E-state index contributed by atoms with van der Waals surface area (Å²) in [6.07, 6.45) is 0. The van der Waals surface area contributed by atoms with E-state index in [1.54, 1.807) is 6.92 Å². The number of esters is 1. The van der Waals surface area contributed by atoms with E-state index in [1.165, 1.54) is 0 Å². The van der Waals surface area contributed by atoms with Gasteiger partial charge in [-0.1, -0.05) is 6.92 Å². The Labute approximate surface area is 96.3 Å². The van der Waals surface area contributed by atoms with Gasteiger partial charge in [-0.3, -0.25) is 9.69 Å². The van der Waals surface area contributed by atoms with Gasteiger partial charge < -0.3 is 14.6 Å². The topological polar surface area (TPSA) is 59.0 Å². The molecule has 0 aromatic heterocycles. The van der Waals surface area contributed by atoms with Gasteiger partial charge in [0.2, 0.25) is 0 Å². The van der Waals surface area contributed by atoms with Crippen molar-refractivity contribution < 1.29 is 19.4 Å². The number of aliphatic hydroxyl groups excluding tert-OH is 1. The standard InChI is InChI=1S/C11H21NO4/c1-3-16-11(14)9(2)6-12-4-5-15-8-10(12)7-13/h9-10,13H,3-8H2,1-2H3. The molecule has 5 nitrogen and oxygen atoms in total. The van der Waals surface area contributed by atoms with E-state index < -0.39 is 0 Å². The van der Waals surface area contributed by atoms with Gasteiger partial charge in [-0.2, -0.15) is 0 Å². The van der Waals surface area contributed by atoms with Crippen molar-refractivity contribution in [2.45, 2.75) is 19.9 Å². The van der Waals surface area contributed by atoms with Gasteiger partial charge in [0.15, 0.2) is 0 Å². The first-order valence-electron chi connectivity index (χ1n) is 5.78. The van der Waals surface area contributed by atoms with Crippen LogP contribution in [0.3, 0.4) is 0 Å². The number of nitrogens with zero attached hydrogens (tertiary/aromatic N) is 1. The van der Waals surface area contributed by atoms with Gasteiger partial charge >= 0.3 is 5.97 Å². The van der Waals surface area contributed by atoms with Crippen LogP contribution in [0.4, 0.5) is 0 Å². The van der Waals surface area contributed by atoms with Crippen LogP contribution in [-0.4, -0.2) is 61.5 Å². The zero-order valence-electron chi connectivity index (χ0n) is 10.0. The van der Waals surface area contributed by atoms with Crippen LogP contribution in [-0.2, 0) is 14.3 Å². The average molecular weight is 231 g/mol. The Morgan fingerprint density at radius 1 is 1.69 bits per heavy atom. The van der Waals surface area contributed by atoms with Crippen LogP contribution in [0.2, 0.25) is 0 Å². The number of hydrogen-bond donors (Lipinski definition) is 1. The maximum atomic E-state index is 11.5. The quantitative estimate of drug-likeness (QED) is 0.668. The highest BCUT2D eigenvalue weighted by molar-refractivity contribution is 5.72. The predicted molar refractivity (Wildman–Crippen MR) is 59.1 cm³/mol. The fourth-order valence-electron chi connectivity index (χ4n) is 1.81. The van der Waals surface area contributed by atoms with Gasteiger partial charge in [-0.05, 0) is 6.92 Å². The molecule has 2 atom stereocenters. The Balaban J connectivity index is 2.41. The molecule has 0 radical (unpaired) electrons. The molecule has 1 saturated heterocycles. The Hall–Kier alpha value is -0.650. The van der Waals surface area contributed by atoms with Gasteiger partial charge in [0.25, 0.3) is 0 Å². The second kappa shape index (κ2) is 6.83. The lowest BCUT2D eigenvalue weighted by Gasteiger charge is -2.35. The van der Waals surface area contributed by atoms with Crippen molar-refractivity contribution in [3.63, 3.8) is 0 Å². The molecule has 0 spiro atoms. The molecule has 0 bridgehead atoms. The molecule has 1 heterocycles. The third-order valence-electron chi connectivity index (χ3n) is 2.76. The summed E-state index contributed by atoms with van der Waals surface area (Å²) in [5.41, 5.74) is 0. The van der Waals surface area contributed by atoms with Crippen molar-refractivity contribution in [1.82, 2.24) is 4.90 Å². The molecule has 1 aliphatic heterocycles. The number of morpholine rings is 1. The van der Waals surface area contributed by atoms with E-state index in [0.717, 1.165) is 6.54 Å². The highest BCUT2D eigenvalue weighted by Gasteiger charge is 2.26. The highest BCUT2D eigenvalue weighted by Crippen LogP contribution is 2.10. The Morgan fingerprint density at radius 3 is 3.06 bits per heavy atom. The molecule has 0 amide bonds. The van der Waals surface area contributed by atoms with E-state index in [-0.39, 0.29) is 24.5 Å². The molecule has 16 heavy (non-hydrogen) atoms. The van der Waals surface area contributed by atoms with E-state index >= 15 is 0 Å². The number of carbonyl (C=O) groups excluding carboxylic acids is 1. The zero-order chi connectivity index (χ0) is 12.0. The lowest BCUT2D eigenvalue weighted by molar-refractivity contribution is -0.149. The molecular weight excluding hydrogens is 210 g/mol. The van der Waals surface area contributed by atoms with Crippen LogP contribution < -0.4 is 0 Å². The minimum atomic E-state index is -0.175. The molecule has 5 heteroatoms. The van der Waals surface area contributed by atoms with Gasteiger partial charge in [-0.15, -0.1) is 0 Å². The van der Waals surface area contributed by atoms with Gasteiger partial charge in [0.05, 0.1) is 38.4 Å². The second-order valence-corrected chi connectivity index (χ2v) is 4.06. The summed E-state index contributed by atoms with van der Waals surface area (Å²) in [6.45, 7) is 6.70. The largest absolute Gasteiger partial charge is 0.466 e. The fraction of sp³-hybridized carbons (Fsp3) is 0.909. The first kappa shape index (κ1) is 13.4. The van der Waals surface area contributed by atoms with Crippen molar-refractivity contribution in [3.05, 3.63) is 0 Å². The summed E-state index contributed by atoms with van der Waals surface area (Å²) in [7, 11) is 0. The number of hydrogen-bond acceptors (Lipinski definition) is 5. The first-order chi connectivity index (χ1) is 7.69. The van der Waals surface area contributed by atoms with Crippen LogP contribution in [0.1, 0.15) is 13.8 Å². The fourth-order valence-corrected chi connectivity index (χ4v) is 1.81. The third-order valence-corrected chi connectivity index (χ3v) is 2.76. The molecule has 0 saturated carbocycles. The first-order valence-corrected chi connectivity index (χ1v) is 5.78. The monoisotopic (exact) mass is 231 g/mol. The minimum Gasteiger partial charge on any atom is -0.466 e. The molecule has 2 unspecified atom stereocenters. The van der Waals surface area contributed by atoms with Crippen molar-refractivity contribution in [1.29, 1.82) is 0 Å². The van der Waals surface area contributed by atoms with Gasteiger partial charge in [-0.25, -0.2) is 0 Å². The number of rotatable bonds is 5. The van der Waals surface area contributed by atoms with Crippen LogP contribution >= 0.6 is 0 Å². The van der Waals surface area contributed by atoms with Crippen molar-refractivity contribution in [2.75, 3.05) is 39.5 Å². The average Bonchev–Trinajstić information content (AvgIpc) is 2.30. The Morgan fingerprint density at radius 2 is 2.44 bits per heavy atom. The highest BCUT2D eigenvalue weighted by atomic mass is 16.5. The molecule has 0 aliphatic carbocycles. The van der Waals surface area contributed by atoms with Crippen LogP contribution in [0.25, 0.3) is 0 Å². The molecule has 94 valence electrons. The molecule has 0 aromatic rings. The molecule has 1 aliphatic rings. The Bertz CT molecular complexity index is 222. The van der Waals surface area contributed by atoms with Crippen molar-refractivity contribution >= 4 is 5.97 Å². The summed E-state index contributed by atoms with van der Waals surface area (Å²) >= 11 is 0. The molecule has 0 aromatic carbocycles. The van der Waals surface area contributed by atoms with Crippen molar-refractivity contribution in [2.24, 2.45) is 5.92 Å². The summed E-state index contributed by atoms with van der Waals surface area (Å²) in [5, 5.41) is 9.18. The van der Waals surface area contributed by atoms with E-state index in [1.807, 2.05) is 6.92 Å². The lowest BCUT2D eigenvalue weighted by atomic mass is 10.1. The second-order valence-electron chi connectivity index (χ2n) is 4.06. The van der Waals surface area contributed by atoms with Gasteiger partial charge in [0.1, 0.15) is 0 Å². The molecule has 1 rings (SSSR count). The summed E-state index contributed by atoms with van der Waals surface area (Å²) < 4.78 is 10.2. The van der Waals surface area contributed by atoms with Crippen molar-refractivity contribution in [3.8, 4) is 0 Å². The van der Waals surface area contributed by atoms with E-state index in [9.17, 15) is 9.90 Å². The number of aliphatic hydroxyl groups is 1. The normalized spacial score (nSPS) is 24.1. The smallest absolute Gasteiger partial charge is 0.309 e. The van der Waals surface area contributed by atoms with Crippen LogP contribution in [0.5, 0.6) is 0 Å². The maximum Gasteiger partial charge on any atom is 0.309 e. The molecular formula is C11H21NO4. The molecule has 1 N–H and O–H groups in total. The minimum absolute atomic E-state index is 0.00521. The lowest BCUT2D eigenvalue weighted by Crippen LogP contribution is -2.49. The summed E-state index contributed by atoms with van der Waals surface area (Å²) in [4.78, 5) is 13.6. The predicted octanol–water partition coefficient (Wildman–Crippen LogP) is -0.121. The summed E-state index contributed by atoms with van der Waals surface area (Å²) in [5.74, 6) is -0.335. The Kier molecular flexibility index (Phi) is 5.73. The van der Waals surface area contributed by atoms with E-state index in [2.05, 4.69) is 4.90 Å². The maximum absolute atomic E-state index is 11.5. The third kappa shape index (κ3) is 3.73. The zero-order valence-corrected chi connectivity index (χ0v) is 10.0. The van der Waals surface area contributed by atoms with Crippen LogP contribution in [0, 0.1) is 5.92 Å². The number of ether oxygens (including phenoxy) is 2. The van der Waals surface area contributed by atoms with Gasteiger partial charge in [0, 0.05) is 13.1 Å². The number of carbonyl (C=O) groups is 1.